The lowest BCUT2D eigenvalue weighted by molar-refractivity contribution is -0.134. The summed E-state index contributed by atoms with van der Waals surface area (Å²) in [5.74, 6) is 0.00174. The maximum atomic E-state index is 12.5. The molecular weight excluding hydrogens is 278 g/mol. The number of aliphatic hydroxyl groups excluding tert-OH is 1. The van der Waals surface area contributed by atoms with Crippen molar-refractivity contribution in [1.82, 2.24) is 4.90 Å². The molecule has 3 atom stereocenters. The molecule has 1 aliphatic heterocycles. The van der Waals surface area contributed by atoms with Crippen molar-refractivity contribution in [3.63, 3.8) is 0 Å². The minimum absolute atomic E-state index is 0.00174. The second kappa shape index (κ2) is 6.23. The zero-order chi connectivity index (χ0) is 15.6. The number of likely N-dealkylation sites (tertiary alicyclic amines) is 1. The van der Waals surface area contributed by atoms with Gasteiger partial charge in [-0.15, -0.1) is 0 Å². The van der Waals surface area contributed by atoms with E-state index in [0.717, 1.165) is 24.8 Å². The van der Waals surface area contributed by atoms with Gasteiger partial charge in [-0.2, -0.15) is 0 Å². The molecule has 0 spiro atoms. The normalized spacial score (nSPS) is 31.5. The van der Waals surface area contributed by atoms with Crippen LogP contribution in [-0.4, -0.2) is 47.3 Å². The Bertz CT molecular complexity index is 557. The van der Waals surface area contributed by atoms with Gasteiger partial charge >= 0.3 is 0 Å². The monoisotopic (exact) mass is 301 g/mol. The summed E-state index contributed by atoms with van der Waals surface area (Å²) < 4.78 is 5.77. The Hall–Kier alpha value is -1.65. The second-order valence-electron chi connectivity index (χ2n) is 6.24. The summed E-state index contributed by atoms with van der Waals surface area (Å²) >= 11 is 0. The maximum absolute atomic E-state index is 12.5. The van der Waals surface area contributed by atoms with Gasteiger partial charge in [0.15, 0.2) is 0 Å². The summed E-state index contributed by atoms with van der Waals surface area (Å²) in [5.41, 5.74) is 0.742. The molecule has 0 bridgehead atoms. The first-order valence-electron chi connectivity index (χ1n) is 7.91. The number of carbonyl (C=O) groups excluding carboxylic acids is 1. The second-order valence-corrected chi connectivity index (χ2v) is 6.24. The average Bonchev–Trinajstić information content (AvgIpc) is 2.93. The molecule has 4 heteroatoms. The molecule has 0 aromatic heterocycles. The van der Waals surface area contributed by atoms with Crippen LogP contribution in [0.1, 0.15) is 31.2 Å². The van der Waals surface area contributed by atoms with Crippen LogP contribution in [-0.2, 0) is 9.53 Å². The lowest BCUT2D eigenvalue weighted by atomic mass is 9.79. The van der Waals surface area contributed by atoms with Crippen LogP contribution in [0, 0.1) is 0 Å². The Morgan fingerprint density at radius 1 is 1.36 bits per heavy atom. The fourth-order valence-electron chi connectivity index (χ4n) is 3.77. The number of ether oxygens (including phenoxy) is 1. The molecule has 1 aromatic rings. The molecule has 0 radical (unpaired) electrons. The molecule has 1 aromatic carbocycles. The van der Waals surface area contributed by atoms with Crippen molar-refractivity contribution in [2.24, 2.45) is 0 Å². The Labute approximate surface area is 131 Å². The van der Waals surface area contributed by atoms with E-state index in [4.69, 9.17) is 4.74 Å². The predicted octanol–water partition coefficient (Wildman–Crippen LogP) is 2.23. The van der Waals surface area contributed by atoms with E-state index in [0.29, 0.717) is 13.0 Å². The van der Waals surface area contributed by atoms with Gasteiger partial charge in [0.25, 0.3) is 0 Å². The standard InChI is InChI=1S/C18H23NO3/c1-22-18-10-9-15(20)13-16(18)19(12-11-18)17(21)8-7-14-5-3-2-4-6-14/h2-8,15-16,20H,9-13H2,1H3/b8-7+/t15-,16+,18-/m1/s1. The number of benzene rings is 1. The summed E-state index contributed by atoms with van der Waals surface area (Å²) in [5, 5.41) is 9.96. The number of fused-ring (bicyclic) bond motifs is 1. The van der Waals surface area contributed by atoms with Gasteiger partial charge in [-0.3, -0.25) is 4.79 Å². The van der Waals surface area contributed by atoms with Gasteiger partial charge in [-0.1, -0.05) is 30.3 Å². The van der Waals surface area contributed by atoms with E-state index >= 15 is 0 Å². The number of hydrogen-bond donors (Lipinski definition) is 1. The zero-order valence-corrected chi connectivity index (χ0v) is 12.9. The molecule has 1 heterocycles. The first-order chi connectivity index (χ1) is 10.6. The summed E-state index contributed by atoms with van der Waals surface area (Å²) in [4.78, 5) is 14.4. The van der Waals surface area contributed by atoms with Gasteiger partial charge < -0.3 is 14.7 Å². The molecule has 0 unspecified atom stereocenters. The summed E-state index contributed by atoms with van der Waals surface area (Å²) in [6, 6.07) is 9.78. The van der Waals surface area contributed by atoms with Crippen LogP contribution >= 0.6 is 0 Å². The Kier molecular flexibility index (Phi) is 4.32. The van der Waals surface area contributed by atoms with Crippen molar-refractivity contribution >= 4 is 12.0 Å². The fraction of sp³-hybridized carbons (Fsp3) is 0.500. The number of carbonyl (C=O) groups is 1. The van der Waals surface area contributed by atoms with Crippen LogP contribution in [0.25, 0.3) is 6.08 Å². The van der Waals surface area contributed by atoms with Gasteiger partial charge in [0.2, 0.25) is 5.91 Å². The Morgan fingerprint density at radius 2 is 2.14 bits per heavy atom. The van der Waals surface area contributed by atoms with E-state index in [-0.39, 0.29) is 23.7 Å². The van der Waals surface area contributed by atoms with Crippen molar-refractivity contribution < 1.29 is 14.6 Å². The first kappa shape index (κ1) is 15.3. The lowest BCUT2D eigenvalue weighted by Gasteiger charge is -2.42. The van der Waals surface area contributed by atoms with E-state index in [9.17, 15) is 9.90 Å². The summed E-state index contributed by atoms with van der Waals surface area (Å²) in [7, 11) is 1.72. The van der Waals surface area contributed by atoms with Crippen molar-refractivity contribution in [2.75, 3.05) is 13.7 Å². The van der Waals surface area contributed by atoms with E-state index < -0.39 is 0 Å². The van der Waals surface area contributed by atoms with Crippen LogP contribution in [0.15, 0.2) is 36.4 Å². The number of methoxy groups -OCH3 is 1. The van der Waals surface area contributed by atoms with Crippen molar-refractivity contribution in [2.45, 2.75) is 43.4 Å². The SMILES string of the molecule is CO[C@@]12CC[C@@H](O)C[C@@H]1N(C(=O)/C=C/c1ccccc1)CC2. The molecule has 1 N–H and O–H groups in total. The largest absolute Gasteiger partial charge is 0.393 e. The van der Waals surface area contributed by atoms with Crippen molar-refractivity contribution in [3.05, 3.63) is 42.0 Å². The minimum atomic E-state index is -0.334. The average molecular weight is 301 g/mol. The number of nitrogens with zero attached hydrogens (tertiary/aromatic N) is 1. The number of rotatable bonds is 3. The van der Waals surface area contributed by atoms with Gasteiger partial charge in [0.1, 0.15) is 0 Å². The Morgan fingerprint density at radius 3 is 2.86 bits per heavy atom. The highest BCUT2D eigenvalue weighted by Gasteiger charge is 2.51. The van der Waals surface area contributed by atoms with E-state index in [1.165, 1.54) is 0 Å². The lowest BCUT2D eigenvalue weighted by Crippen LogP contribution is -2.52. The highest BCUT2D eigenvalue weighted by molar-refractivity contribution is 5.92. The number of hydrogen-bond acceptors (Lipinski definition) is 3. The van der Waals surface area contributed by atoms with Gasteiger partial charge in [-0.05, 0) is 37.3 Å². The molecule has 2 fully saturated rings. The van der Waals surface area contributed by atoms with Crippen LogP contribution in [0.2, 0.25) is 0 Å². The molecule has 1 aliphatic carbocycles. The van der Waals surface area contributed by atoms with Gasteiger partial charge in [-0.25, -0.2) is 0 Å². The summed E-state index contributed by atoms with van der Waals surface area (Å²) in [6.07, 6.45) is 6.18. The van der Waals surface area contributed by atoms with Crippen molar-refractivity contribution in [3.8, 4) is 0 Å². The Balaban J connectivity index is 1.74. The van der Waals surface area contributed by atoms with Crippen LogP contribution in [0.5, 0.6) is 0 Å². The van der Waals surface area contributed by atoms with Gasteiger partial charge in [0, 0.05) is 19.7 Å². The molecule has 118 valence electrons. The van der Waals surface area contributed by atoms with Crippen LogP contribution < -0.4 is 0 Å². The van der Waals surface area contributed by atoms with Crippen molar-refractivity contribution in [1.29, 1.82) is 0 Å². The third-order valence-corrected chi connectivity index (χ3v) is 5.06. The zero-order valence-electron chi connectivity index (χ0n) is 12.9. The highest BCUT2D eigenvalue weighted by atomic mass is 16.5. The van der Waals surface area contributed by atoms with Gasteiger partial charge in [0.05, 0.1) is 17.7 Å². The fourth-order valence-corrected chi connectivity index (χ4v) is 3.77. The quantitative estimate of drug-likeness (QED) is 0.871. The van der Waals surface area contributed by atoms with E-state index in [1.807, 2.05) is 41.3 Å². The van der Waals surface area contributed by atoms with Crippen LogP contribution in [0.3, 0.4) is 0 Å². The van der Waals surface area contributed by atoms with E-state index in [2.05, 4.69) is 0 Å². The predicted molar refractivity (Wildman–Crippen MR) is 85.2 cm³/mol. The molecule has 4 nitrogen and oxygen atoms in total. The number of aliphatic hydroxyl groups is 1. The minimum Gasteiger partial charge on any atom is -0.393 e. The molecule has 1 saturated heterocycles. The summed E-state index contributed by atoms with van der Waals surface area (Å²) in [6.45, 7) is 0.698. The molecule has 2 aliphatic rings. The maximum Gasteiger partial charge on any atom is 0.246 e. The van der Waals surface area contributed by atoms with Crippen LogP contribution in [0.4, 0.5) is 0 Å². The molecular formula is C18H23NO3. The molecule has 1 saturated carbocycles. The molecule has 1 amide bonds. The topological polar surface area (TPSA) is 49.8 Å². The molecule has 3 rings (SSSR count). The smallest absolute Gasteiger partial charge is 0.246 e. The molecule has 22 heavy (non-hydrogen) atoms. The highest BCUT2D eigenvalue weighted by Crippen LogP contribution is 2.42. The third-order valence-electron chi connectivity index (χ3n) is 5.06. The van der Waals surface area contributed by atoms with E-state index in [1.54, 1.807) is 13.2 Å². The number of amides is 1. The first-order valence-corrected chi connectivity index (χ1v) is 7.91. The third kappa shape index (κ3) is 2.81.